The first kappa shape index (κ1) is 35.3. The second-order valence-corrected chi connectivity index (χ2v) is 9.35. The molecule has 0 aromatic rings. The number of aliphatic carboxylic acids is 1. The predicted octanol–water partition coefficient (Wildman–Crippen LogP) is -2.50. The lowest BCUT2D eigenvalue weighted by molar-refractivity contribution is -0.141. The molecule has 16 nitrogen and oxygen atoms in total. The molecule has 1 unspecified atom stereocenters. The second-order valence-electron chi connectivity index (χ2n) is 7.85. The predicted molar refractivity (Wildman–Crippen MR) is 130 cm³/mol. The minimum atomic E-state index is -4.46. The van der Waals surface area contributed by atoms with E-state index in [9.17, 15) is 32.4 Å². The van der Waals surface area contributed by atoms with Gasteiger partial charge in [0.15, 0.2) is 5.78 Å². The van der Waals surface area contributed by atoms with E-state index in [1.165, 1.54) is 6.92 Å². The average molecular weight is 572 g/mol. The van der Waals surface area contributed by atoms with Crippen LogP contribution >= 0.6 is 0 Å². The summed E-state index contributed by atoms with van der Waals surface area (Å²) in [5.74, 6) is -4.09. The van der Waals surface area contributed by atoms with Crippen molar-refractivity contribution in [3.05, 3.63) is 0 Å². The van der Waals surface area contributed by atoms with Gasteiger partial charge in [-0.25, -0.2) is 0 Å². The fraction of sp³-hybridized carbons (Fsp3) is 0.762. The summed E-state index contributed by atoms with van der Waals surface area (Å²) in [6, 6.07) is -1.14. The number of hydrogen-bond acceptors (Lipinski definition) is 11. The molecule has 0 fully saturated rings. The van der Waals surface area contributed by atoms with E-state index >= 15 is 0 Å². The number of carboxylic acid groups (broad SMARTS) is 1. The molecule has 0 aromatic carbocycles. The largest absolute Gasteiger partial charge is 0.481 e. The van der Waals surface area contributed by atoms with Crippen LogP contribution in [0.25, 0.3) is 0 Å². The summed E-state index contributed by atoms with van der Waals surface area (Å²) in [6.45, 7) is 3.02. The van der Waals surface area contributed by atoms with Gasteiger partial charge in [-0.3, -0.25) is 28.5 Å². The standard InChI is InChI=1S/C21H37N3O13S/c1-16(25)13-36-10-8-35-7-5-23-20(28)14-37-11-9-34-6-4-22-18(26)3-2-17(15-38(31,32)33)24-19(27)12-21(29)30/h17H,2-15H2,1H3,(H,22,26)(H,23,28)(H,24,27)(H,29,30)(H,31,32,33). The molecule has 0 saturated heterocycles. The summed E-state index contributed by atoms with van der Waals surface area (Å²) in [6.07, 6.45) is -1.21. The van der Waals surface area contributed by atoms with Crippen LogP contribution in [0.15, 0.2) is 0 Å². The Labute approximate surface area is 220 Å². The van der Waals surface area contributed by atoms with E-state index in [1.807, 2.05) is 0 Å². The number of nitrogens with one attached hydrogen (secondary N) is 3. The van der Waals surface area contributed by atoms with Crippen LogP contribution in [-0.2, 0) is 53.0 Å². The third kappa shape index (κ3) is 25.0. The summed E-state index contributed by atoms with van der Waals surface area (Å²) in [5, 5.41) is 15.9. The Bertz CT molecular complexity index is 851. The number of amides is 3. The maximum absolute atomic E-state index is 11.9. The first-order valence-corrected chi connectivity index (χ1v) is 13.3. The number of Topliss-reactive ketones (excluding diaryl/α,β-unsaturated/α-hetero) is 1. The number of ketones is 1. The zero-order valence-electron chi connectivity index (χ0n) is 21.3. The average Bonchev–Trinajstić information content (AvgIpc) is 2.79. The highest BCUT2D eigenvalue weighted by Crippen LogP contribution is 2.02. The van der Waals surface area contributed by atoms with Crippen molar-refractivity contribution in [2.75, 3.05) is 71.7 Å². The van der Waals surface area contributed by atoms with Crippen molar-refractivity contribution < 1.29 is 61.0 Å². The van der Waals surface area contributed by atoms with E-state index in [4.69, 9.17) is 28.6 Å². The van der Waals surface area contributed by atoms with Gasteiger partial charge in [-0.05, 0) is 13.3 Å². The molecule has 0 aliphatic heterocycles. The Morgan fingerprint density at radius 1 is 0.763 bits per heavy atom. The number of rotatable bonds is 24. The maximum atomic E-state index is 11.9. The van der Waals surface area contributed by atoms with Crippen LogP contribution < -0.4 is 16.0 Å². The summed E-state index contributed by atoms with van der Waals surface area (Å²) < 4.78 is 51.8. The quantitative estimate of drug-likeness (QED) is 0.0458. The zero-order valence-corrected chi connectivity index (χ0v) is 22.1. The lowest BCUT2D eigenvalue weighted by Gasteiger charge is -2.16. The van der Waals surface area contributed by atoms with Crippen molar-refractivity contribution in [1.29, 1.82) is 0 Å². The fourth-order valence-electron chi connectivity index (χ4n) is 2.66. The van der Waals surface area contributed by atoms with Crippen LogP contribution in [0, 0.1) is 0 Å². The smallest absolute Gasteiger partial charge is 0.312 e. The van der Waals surface area contributed by atoms with E-state index in [1.54, 1.807) is 0 Å². The molecule has 3 amide bonds. The van der Waals surface area contributed by atoms with Gasteiger partial charge in [0.1, 0.15) is 19.6 Å². The molecule has 0 spiro atoms. The second kappa shape index (κ2) is 21.3. The number of hydrogen-bond donors (Lipinski definition) is 5. The van der Waals surface area contributed by atoms with Crippen LogP contribution in [0.3, 0.4) is 0 Å². The molecule has 0 bridgehead atoms. The van der Waals surface area contributed by atoms with Crippen LogP contribution in [0.5, 0.6) is 0 Å². The fourth-order valence-corrected chi connectivity index (χ4v) is 3.42. The molecule has 17 heteroatoms. The van der Waals surface area contributed by atoms with E-state index < -0.39 is 46.1 Å². The van der Waals surface area contributed by atoms with Gasteiger partial charge in [0.2, 0.25) is 17.7 Å². The van der Waals surface area contributed by atoms with Crippen LogP contribution in [0.4, 0.5) is 0 Å². The lowest BCUT2D eigenvalue weighted by atomic mass is 10.1. The molecular formula is C21H37N3O13S. The van der Waals surface area contributed by atoms with Crippen LogP contribution in [-0.4, -0.2) is 125 Å². The first-order valence-electron chi connectivity index (χ1n) is 11.7. The molecule has 0 radical (unpaired) electrons. The van der Waals surface area contributed by atoms with Gasteiger partial charge in [0, 0.05) is 25.6 Å². The van der Waals surface area contributed by atoms with Crippen molar-refractivity contribution in [3.63, 3.8) is 0 Å². The highest BCUT2D eigenvalue weighted by Gasteiger charge is 2.21. The maximum Gasteiger partial charge on any atom is 0.312 e. The highest BCUT2D eigenvalue weighted by atomic mass is 32.2. The molecule has 0 aromatic heterocycles. The molecule has 0 saturated carbocycles. The number of carbonyl (C=O) groups is 5. The zero-order chi connectivity index (χ0) is 28.8. The van der Waals surface area contributed by atoms with E-state index in [-0.39, 0.29) is 83.9 Å². The Hall–Kier alpha value is -2.70. The summed E-state index contributed by atoms with van der Waals surface area (Å²) in [5.41, 5.74) is 0. The third-order valence-corrected chi connectivity index (χ3v) is 5.05. The van der Waals surface area contributed by atoms with Crippen molar-refractivity contribution in [2.45, 2.75) is 32.2 Å². The van der Waals surface area contributed by atoms with Gasteiger partial charge in [-0.1, -0.05) is 0 Å². The van der Waals surface area contributed by atoms with Gasteiger partial charge >= 0.3 is 5.97 Å². The monoisotopic (exact) mass is 571 g/mol. The van der Waals surface area contributed by atoms with E-state index in [0.29, 0.717) is 6.61 Å². The molecule has 0 aliphatic rings. The Morgan fingerprint density at radius 2 is 1.29 bits per heavy atom. The van der Waals surface area contributed by atoms with Crippen LogP contribution in [0.1, 0.15) is 26.2 Å². The van der Waals surface area contributed by atoms with E-state index in [0.717, 1.165) is 0 Å². The molecule has 0 rings (SSSR count). The topological polar surface area (TPSA) is 233 Å². The Kier molecular flexibility index (Phi) is 19.7. The molecule has 220 valence electrons. The summed E-state index contributed by atoms with van der Waals surface area (Å²) in [4.78, 5) is 56.3. The minimum Gasteiger partial charge on any atom is -0.481 e. The molecule has 1 atom stereocenters. The van der Waals surface area contributed by atoms with Gasteiger partial charge in [0.25, 0.3) is 10.1 Å². The first-order chi connectivity index (χ1) is 17.9. The summed E-state index contributed by atoms with van der Waals surface area (Å²) in [7, 11) is -4.46. The lowest BCUT2D eigenvalue weighted by Crippen LogP contribution is -2.41. The number of ether oxygens (including phenoxy) is 4. The van der Waals surface area contributed by atoms with Gasteiger partial charge in [0.05, 0.1) is 45.4 Å². The van der Waals surface area contributed by atoms with Crippen molar-refractivity contribution in [2.24, 2.45) is 0 Å². The molecular weight excluding hydrogens is 534 g/mol. The minimum absolute atomic E-state index is 0.0406. The van der Waals surface area contributed by atoms with Crippen molar-refractivity contribution in [3.8, 4) is 0 Å². The number of carboxylic acids is 1. The third-order valence-electron chi connectivity index (χ3n) is 4.23. The number of carbonyl (C=O) groups excluding carboxylic acids is 4. The molecule has 5 N–H and O–H groups in total. The molecule has 38 heavy (non-hydrogen) atoms. The highest BCUT2D eigenvalue weighted by molar-refractivity contribution is 7.85. The van der Waals surface area contributed by atoms with Gasteiger partial charge < -0.3 is 40.0 Å². The Balaban J connectivity index is 3.80. The normalized spacial score (nSPS) is 11.9. The summed E-state index contributed by atoms with van der Waals surface area (Å²) >= 11 is 0. The van der Waals surface area contributed by atoms with Gasteiger partial charge in [-0.15, -0.1) is 0 Å². The molecule has 0 heterocycles. The van der Waals surface area contributed by atoms with Crippen molar-refractivity contribution >= 4 is 39.6 Å². The van der Waals surface area contributed by atoms with Crippen LogP contribution in [0.2, 0.25) is 0 Å². The van der Waals surface area contributed by atoms with E-state index in [2.05, 4.69) is 16.0 Å². The SMILES string of the molecule is CC(=O)COCCOCCNC(=O)COCCOCCNC(=O)CCC(CS(=O)(=O)O)NC(=O)CC(=O)O. The molecule has 0 aliphatic carbocycles. The van der Waals surface area contributed by atoms with Gasteiger partial charge in [-0.2, -0.15) is 8.42 Å². The Morgan fingerprint density at radius 3 is 1.82 bits per heavy atom. The van der Waals surface area contributed by atoms with Crippen molar-refractivity contribution in [1.82, 2.24) is 16.0 Å².